The molecular formula is C17H31N3O3. The van der Waals surface area contributed by atoms with Gasteiger partial charge < -0.3 is 25.0 Å². The summed E-state index contributed by atoms with van der Waals surface area (Å²) < 4.78 is 11.7. The van der Waals surface area contributed by atoms with Gasteiger partial charge in [-0.25, -0.2) is 4.79 Å². The number of hydrogen-bond acceptors (Lipinski definition) is 4. The standard InChI is InChI=1S/C17H31N3O3/c21-17(19-12-15-11-18-7-4-9-22-15)20-8-10-23-16(13-20)14-5-2-1-3-6-14/h14-16,18H,1-13H2,(H,19,21). The molecule has 2 saturated heterocycles. The highest BCUT2D eigenvalue weighted by Crippen LogP contribution is 2.29. The Kier molecular flexibility index (Phi) is 6.54. The summed E-state index contributed by atoms with van der Waals surface area (Å²) >= 11 is 0. The van der Waals surface area contributed by atoms with Crippen molar-refractivity contribution >= 4 is 6.03 Å². The van der Waals surface area contributed by atoms with Crippen LogP contribution < -0.4 is 10.6 Å². The van der Waals surface area contributed by atoms with E-state index in [0.717, 1.165) is 32.7 Å². The first-order chi connectivity index (χ1) is 11.3. The molecule has 3 aliphatic rings. The number of hydrogen-bond donors (Lipinski definition) is 2. The summed E-state index contributed by atoms with van der Waals surface area (Å²) in [5.74, 6) is 0.633. The topological polar surface area (TPSA) is 62.8 Å². The van der Waals surface area contributed by atoms with Gasteiger partial charge in [0.15, 0.2) is 0 Å². The predicted octanol–water partition coefficient (Wildman–Crippen LogP) is 1.36. The first-order valence-corrected chi connectivity index (χ1v) is 9.29. The molecule has 3 fully saturated rings. The third-order valence-corrected chi connectivity index (χ3v) is 5.26. The molecule has 0 aromatic carbocycles. The molecule has 23 heavy (non-hydrogen) atoms. The molecule has 0 aromatic heterocycles. The number of nitrogens with one attached hydrogen (secondary N) is 2. The van der Waals surface area contributed by atoms with Crippen LogP contribution in [0.15, 0.2) is 0 Å². The molecule has 0 aromatic rings. The van der Waals surface area contributed by atoms with Crippen LogP contribution in [0.4, 0.5) is 4.79 Å². The average Bonchev–Trinajstić information content (AvgIpc) is 2.89. The second-order valence-corrected chi connectivity index (χ2v) is 6.99. The molecule has 0 radical (unpaired) electrons. The Labute approximate surface area is 139 Å². The zero-order valence-corrected chi connectivity index (χ0v) is 14.1. The SMILES string of the molecule is O=C(NCC1CNCCCO1)N1CCOC(C2CCCCC2)C1. The Morgan fingerprint density at radius 2 is 2.00 bits per heavy atom. The van der Waals surface area contributed by atoms with Crippen LogP contribution in [0.5, 0.6) is 0 Å². The minimum absolute atomic E-state index is 0.0296. The molecule has 1 saturated carbocycles. The maximum Gasteiger partial charge on any atom is 0.317 e. The predicted molar refractivity (Wildman–Crippen MR) is 88.5 cm³/mol. The lowest BCUT2D eigenvalue weighted by Crippen LogP contribution is -2.53. The van der Waals surface area contributed by atoms with E-state index in [-0.39, 0.29) is 18.2 Å². The van der Waals surface area contributed by atoms with E-state index in [0.29, 0.717) is 25.6 Å². The second kappa shape index (κ2) is 8.85. The van der Waals surface area contributed by atoms with E-state index >= 15 is 0 Å². The number of morpholine rings is 1. The monoisotopic (exact) mass is 325 g/mol. The number of amides is 2. The average molecular weight is 325 g/mol. The van der Waals surface area contributed by atoms with Crippen molar-refractivity contribution in [3.8, 4) is 0 Å². The smallest absolute Gasteiger partial charge is 0.317 e. The van der Waals surface area contributed by atoms with Gasteiger partial charge in [0.1, 0.15) is 0 Å². The number of rotatable bonds is 3. The van der Waals surface area contributed by atoms with Crippen molar-refractivity contribution in [2.75, 3.05) is 45.9 Å². The molecule has 1 aliphatic carbocycles. The van der Waals surface area contributed by atoms with Gasteiger partial charge >= 0.3 is 6.03 Å². The van der Waals surface area contributed by atoms with Gasteiger partial charge in [-0.3, -0.25) is 0 Å². The van der Waals surface area contributed by atoms with Crippen LogP contribution in [0.25, 0.3) is 0 Å². The van der Waals surface area contributed by atoms with Gasteiger partial charge in [0.25, 0.3) is 0 Å². The quantitative estimate of drug-likeness (QED) is 0.822. The Balaban J connectivity index is 1.42. The van der Waals surface area contributed by atoms with Crippen molar-refractivity contribution in [3.63, 3.8) is 0 Å². The number of ether oxygens (including phenoxy) is 2. The summed E-state index contributed by atoms with van der Waals surface area (Å²) in [6.45, 7) is 5.26. The van der Waals surface area contributed by atoms with Gasteiger partial charge in [-0.05, 0) is 31.7 Å². The third kappa shape index (κ3) is 5.06. The molecule has 2 atom stereocenters. The van der Waals surface area contributed by atoms with Crippen LogP contribution >= 0.6 is 0 Å². The van der Waals surface area contributed by atoms with Gasteiger partial charge in [-0.2, -0.15) is 0 Å². The second-order valence-electron chi connectivity index (χ2n) is 6.99. The van der Waals surface area contributed by atoms with E-state index in [9.17, 15) is 4.79 Å². The van der Waals surface area contributed by atoms with Crippen LogP contribution in [-0.4, -0.2) is 69.1 Å². The van der Waals surface area contributed by atoms with Gasteiger partial charge in [0.2, 0.25) is 0 Å². The molecule has 2 heterocycles. The van der Waals surface area contributed by atoms with E-state index in [4.69, 9.17) is 9.47 Å². The van der Waals surface area contributed by atoms with Crippen LogP contribution in [0.2, 0.25) is 0 Å². The summed E-state index contributed by atoms with van der Waals surface area (Å²) in [5, 5.41) is 6.38. The number of carbonyl (C=O) groups is 1. The molecule has 3 rings (SSSR count). The van der Waals surface area contributed by atoms with Crippen molar-refractivity contribution in [1.29, 1.82) is 0 Å². The fraction of sp³-hybridized carbons (Fsp3) is 0.941. The zero-order chi connectivity index (χ0) is 15.9. The fourth-order valence-corrected chi connectivity index (χ4v) is 3.86. The maximum atomic E-state index is 12.4. The summed E-state index contributed by atoms with van der Waals surface area (Å²) in [5.41, 5.74) is 0. The van der Waals surface area contributed by atoms with Crippen molar-refractivity contribution in [2.24, 2.45) is 5.92 Å². The van der Waals surface area contributed by atoms with Gasteiger partial charge in [0, 0.05) is 32.8 Å². The number of urea groups is 1. The Morgan fingerprint density at radius 3 is 2.87 bits per heavy atom. The Bertz CT molecular complexity index is 366. The number of carbonyl (C=O) groups excluding carboxylic acids is 1. The van der Waals surface area contributed by atoms with E-state index in [2.05, 4.69) is 10.6 Å². The normalized spacial score (nSPS) is 30.7. The summed E-state index contributed by atoms with van der Waals surface area (Å²) in [7, 11) is 0. The molecule has 0 spiro atoms. The van der Waals surface area contributed by atoms with Crippen molar-refractivity contribution in [1.82, 2.24) is 15.5 Å². The van der Waals surface area contributed by atoms with E-state index in [1.165, 1.54) is 32.1 Å². The van der Waals surface area contributed by atoms with Crippen LogP contribution in [-0.2, 0) is 9.47 Å². The molecule has 6 nitrogen and oxygen atoms in total. The van der Waals surface area contributed by atoms with Crippen molar-refractivity contribution in [2.45, 2.75) is 50.7 Å². The Morgan fingerprint density at radius 1 is 1.13 bits per heavy atom. The molecular weight excluding hydrogens is 294 g/mol. The van der Waals surface area contributed by atoms with E-state index in [1.807, 2.05) is 4.90 Å². The van der Waals surface area contributed by atoms with Gasteiger partial charge in [0.05, 0.1) is 18.8 Å². The van der Waals surface area contributed by atoms with Crippen molar-refractivity contribution in [3.05, 3.63) is 0 Å². The number of nitrogens with zero attached hydrogens (tertiary/aromatic N) is 1. The van der Waals surface area contributed by atoms with E-state index < -0.39 is 0 Å². The van der Waals surface area contributed by atoms with E-state index in [1.54, 1.807) is 0 Å². The lowest BCUT2D eigenvalue weighted by molar-refractivity contribution is -0.0527. The van der Waals surface area contributed by atoms with Crippen LogP contribution in [0.3, 0.4) is 0 Å². The van der Waals surface area contributed by atoms with Crippen LogP contribution in [0, 0.1) is 5.92 Å². The summed E-state index contributed by atoms with van der Waals surface area (Å²) in [6, 6.07) is 0.0296. The molecule has 2 N–H and O–H groups in total. The molecule has 6 heteroatoms. The van der Waals surface area contributed by atoms with Crippen molar-refractivity contribution < 1.29 is 14.3 Å². The lowest BCUT2D eigenvalue weighted by Gasteiger charge is -2.38. The highest BCUT2D eigenvalue weighted by atomic mass is 16.5. The molecule has 132 valence electrons. The highest BCUT2D eigenvalue weighted by Gasteiger charge is 2.31. The molecule has 2 aliphatic heterocycles. The highest BCUT2D eigenvalue weighted by molar-refractivity contribution is 5.74. The maximum absolute atomic E-state index is 12.4. The largest absolute Gasteiger partial charge is 0.375 e. The summed E-state index contributed by atoms with van der Waals surface area (Å²) in [4.78, 5) is 14.4. The molecule has 0 bridgehead atoms. The third-order valence-electron chi connectivity index (χ3n) is 5.26. The van der Waals surface area contributed by atoms with Crippen LogP contribution in [0.1, 0.15) is 38.5 Å². The fourth-order valence-electron chi connectivity index (χ4n) is 3.86. The minimum atomic E-state index is 0.0296. The minimum Gasteiger partial charge on any atom is -0.375 e. The first-order valence-electron chi connectivity index (χ1n) is 9.29. The zero-order valence-electron chi connectivity index (χ0n) is 14.1. The first kappa shape index (κ1) is 17.0. The lowest BCUT2D eigenvalue weighted by atomic mass is 9.84. The van der Waals surface area contributed by atoms with Gasteiger partial charge in [-0.1, -0.05) is 19.3 Å². The Hall–Kier alpha value is -0.850. The molecule has 2 amide bonds. The summed E-state index contributed by atoms with van der Waals surface area (Å²) in [6.07, 6.45) is 7.82. The van der Waals surface area contributed by atoms with Gasteiger partial charge in [-0.15, -0.1) is 0 Å². The molecule has 2 unspecified atom stereocenters.